The van der Waals surface area contributed by atoms with Crippen LogP contribution in [0.2, 0.25) is 0 Å². The third-order valence-corrected chi connectivity index (χ3v) is 1.80. The summed E-state index contributed by atoms with van der Waals surface area (Å²) in [5, 5.41) is 8.81. The fourth-order valence-electron chi connectivity index (χ4n) is 1.15. The molecule has 0 aromatic carbocycles. The molecule has 0 saturated heterocycles. The van der Waals surface area contributed by atoms with Crippen LogP contribution in [-0.4, -0.2) is 38.8 Å². The highest BCUT2D eigenvalue weighted by Crippen LogP contribution is 2.25. The van der Waals surface area contributed by atoms with Crippen molar-refractivity contribution in [3.05, 3.63) is 11.3 Å². The zero-order valence-electron chi connectivity index (χ0n) is 6.70. The van der Waals surface area contributed by atoms with Gasteiger partial charge in [0.2, 0.25) is 0 Å². The van der Waals surface area contributed by atoms with E-state index in [1.54, 1.807) is 7.11 Å². The summed E-state index contributed by atoms with van der Waals surface area (Å²) in [6.45, 7) is 1.74. The van der Waals surface area contributed by atoms with Gasteiger partial charge in [-0.2, -0.15) is 0 Å². The molecule has 1 aliphatic rings. The molecule has 4 heteroatoms. The zero-order valence-corrected chi connectivity index (χ0v) is 6.70. The minimum atomic E-state index is -0.429. The number of aliphatic hydroxyl groups is 1. The molecule has 0 amide bonds. The van der Waals surface area contributed by atoms with Crippen molar-refractivity contribution >= 4 is 7.85 Å². The molecule has 1 aliphatic heterocycles. The Balaban J connectivity index is 2.77. The van der Waals surface area contributed by atoms with E-state index in [-0.39, 0.29) is 12.7 Å². The third kappa shape index (κ3) is 1.41. The van der Waals surface area contributed by atoms with Crippen molar-refractivity contribution in [2.75, 3.05) is 13.7 Å². The van der Waals surface area contributed by atoms with Gasteiger partial charge in [0.25, 0.3) is 0 Å². The lowest BCUT2D eigenvalue weighted by Gasteiger charge is -2.10. The zero-order chi connectivity index (χ0) is 8.43. The monoisotopic (exact) mass is 154 g/mol. The molecule has 0 unspecified atom stereocenters. The summed E-state index contributed by atoms with van der Waals surface area (Å²) in [6, 6.07) is -0.429. The number of hydrogen-bond acceptors (Lipinski definition) is 3. The van der Waals surface area contributed by atoms with Crippen LogP contribution in [0.4, 0.5) is 0 Å². The van der Waals surface area contributed by atoms with Crippen molar-refractivity contribution in [3.8, 4) is 0 Å². The summed E-state index contributed by atoms with van der Waals surface area (Å²) in [4.78, 5) is 0. The van der Waals surface area contributed by atoms with Crippen LogP contribution in [0.25, 0.3) is 0 Å². The van der Waals surface area contributed by atoms with E-state index in [1.165, 1.54) is 0 Å². The van der Waals surface area contributed by atoms with Crippen LogP contribution in [0, 0.1) is 0 Å². The molecule has 0 aromatic rings. The fraction of sp³-hybridized carbons (Fsp3) is 0.714. The van der Waals surface area contributed by atoms with Gasteiger partial charge < -0.3 is 14.6 Å². The first kappa shape index (κ1) is 8.62. The molecule has 0 fully saturated rings. The normalized spacial score (nSPS) is 31.2. The highest BCUT2D eigenvalue weighted by atomic mass is 16.6. The predicted molar refractivity (Wildman–Crippen MR) is 41.2 cm³/mol. The molecule has 11 heavy (non-hydrogen) atoms. The standard InChI is InChI=1S/C7H11BO3/c1-4-6(10-2)5(3-9)11-7(4)8/h5,7,9H,3H2,1-2H3/t5-,7-/m1/s1. The molecule has 1 heterocycles. The molecule has 3 nitrogen and oxygen atoms in total. The first-order valence-corrected chi connectivity index (χ1v) is 3.47. The van der Waals surface area contributed by atoms with Gasteiger partial charge >= 0.3 is 0 Å². The summed E-state index contributed by atoms with van der Waals surface area (Å²) in [5.41, 5.74) is 0.853. The topological polar surface area (TPSA) is 38.7 Å². The molecule has 60 valence electrons. The van der Waals surface area contributed by atoms with Gasteiger partial charge in [0.15, 0.2) is 0 Å². The number of hydrogen-bond donors (Lipinski definition) is 1. The number of aliphatic hydroxyl groups excluding tert-OH is 1. The Hall–Kier alpha value is -0.475. The molecule has 0 aliphatic carbocycles. The Labute approximate surface area is 67.4 Å². The van der Waals surface area contributed by atoms with Crippen molar-refractivity contribution in [3.63, 3.8) is 0 Å². The van der Waals surface area contributed by atoms with E-state index in [9.17, 15) is 0 Å². The maximum Gasteiger partial charge on any atom is 0.137 e. The van der Waals surface area contributed by atoms with E-state index in [0.29, 0.717) is 5.76 Å². The van der Waals surface area contributed by atoms with Crippen molar-refractivity contribution in [1.29, 1.82) is 0 Å². The van der Waals surface area contributed by atoms with Gasteiger partial charge in [-0.15, -0.1) is 0 Å². The highest BCUT2D eigenvalue weighted by Gasteiger charge is 2.29. The number of methoxy groups -OCH3 is 1. The molecule has 0 spiro atoms. The summed E-state index contributed by atoms with van der Waals surface area (Å²) in [5.74, 6) is 0.653. The molecule has 0 aromatic heterocycles. The molecule has 2 atom stereocenters. The largest absolute Gasteiger partial charge is 0.498 e. The SMILES string of the molecule is [B][C@@H]1O[C@H](CO)C(OC)=C1C. The Kier molecular flexibility index (Phi) is 2.57. The van der Waals surface area contributed by atoms with Gasteiger partial charge in [-0.25, -0.2) is 0 Å². The second-order valence-electron chi connectivity index (χ2n) is 2.48. The first-order chi connectivity index (χ1) is 5.20. The minimum Gasteiger partial charge on any atom is -0.498 e. The van der Waals surface area contributed by atoms with Gasteiger partial charge in [0, 0.05) is 6.00 Å². The summed E-state index contributed by atoms with van der Waals surface area (Å²) in [6.07, 6.45) is -0.380. The first-order valence-electron chi connectivity index (χ1n) is 3.47. The van der Waals surface area contributed by atoms with Gasteiger partial charge in [0.05, 0.1) is 13.7 Å². The van der Waals surface area contributed by atoms with Crippen molar-refractivity contribution < 1.29 is 14.6 Å². The molecule has 2 radical (unpaired) electrons. The Morgan fingerprint density at radius 3 is 2.73 bits per heavy atom. The quantitative estimate of drug-likeness (QED) is 0.559. The summed E-state index contributed by atoms with van der Waals surface area (Å²) in [7, 11) is 7.08. The van der Waals surface area contributed by atoms with Crippen LogP contribution in [-0.2, 0) is 9.47 Å². The van der Waals surface area contributed by atoms with Crippen LogP contribution in [0.15, 0.2) is 11.3 Å². The lowest BCUT2D eigenvalue weighted by atomic mass is 9.94. The second-order valence-corrected chi connectivity index (χ2v) is 2.48. The van der Waals surface area contributed by atoms with Crippen molar-refractivity contribution in [1.82, 2.24) is 0 Å². The maximum atomic E-state index is 8.81. The Morgan fingerprint density at radius 2 is 2.36 bits per heavy atom. The van der Waals surface area contributed by atoms with Gasteiger partial charge in [-0.3, -0.25) is 0 Å². The van der Waals surface area contributed by atoms with E-state index in [2.05, 4.69) is 0 Å². The lowest BCUT2D eigenvalue weighted by Crippen LogP contribution is -2.19. The molecule has 0 saturated carbocycles. The minimum absolute atomic E-state index is 0.0891. The molecular formula is C7H11BO3. The van der Waals surface area contributed by atoms with E-state index in [0.717, 1.165) is 5.57 Å². The Bertz CT molecular complexity index is 179. The van der Waals surface area contributed by atoms with Crippen LogP contribution in [0.5, 0.6) is 0 Å². The van der Waals surface area contributed by atoms with Crippen LogP contribution in [0.3, 0.4) is 0 Å². The van der Waals surface area contributed by atoms with Crippen molar-refractivity contribution in [2.45, 2.75) is 19.0 Å². The van der Waals surface area contributed by atoms with Gasteiger partial charge in [-0.05, 0) is 12.5 Å². The number of rotatable bonds is 2. The van der Waals surface area contributed by atoms with Crippen LogP contribution < -0.4 is 0 Å². The molecule has 0 bridgehead atoms. The van der Waals surface area contributed by atoms with E-state index >= 15 is 0 Å². The third-order valence-electron chi connectivity index (χ3n) is 1.80. The van der Waals surface area contributed by atoms with E-state index in [4.69, 9.17) is 22.4 Å². The van der Waals surface area contributed by atoms with E-state index < -0.39 is 6.00 Å². The van der Waals surface area contributed by atoms with Crippen LogP contribution >= 0.6 is 0 Å². The Morgan fingerprint density at radius 1 is 1.73 bits per heavy atom. The van der Waals surface area contributed by atoms with Crippen LogP contribution in [0.1, 0.15) is 6.92 Å². The molecule has 1 N–H and O–H groups in total. The molecular weight excluding hydrogens is 143 g/mol. The van der Waals surface area contributed by atoms with Gasteiger partial charge in [-0.1, -0.05) is 0 Å². The van der Waals surface area contributed by atoms with E-state index in [1.807, 2.05) is 6.92 Å². The average molecular weight is 154 g/mol. The second kappa shape index (κ2) is 3.28. The molecule has 1 rings (SSSR count). The highest BCUT2D eigenvalue weighted by molar-refractivity contribution is 6.13. The fourth-order valence-corrected chi connectivity index (χ4v) is 1.15. The summed E-state index contributed by atoms with van der Waals surface area (Å²) < 4.78 is 10.2. The average Bonchev–Trinajstić information content (AvgIpc) is 2.28. The maximum absolute atomic E-state index is 8.81. The number of ether oxygens (including phenoxy) is 2. The van der Waals surface area contributed by atoms with Crippen molar-refractivity contribution in [2.24, 2.45) is 0 Å². The smallest absolute Gasteiger partial charge is 0.137 e. The summed E-state index contributed by atoms with van der Waals surface area (Å²) >= 11 is 0. The predicted octanol–water partition coefficient (Wildman–Crippen LogP) is -0.208. The van der Waals surface area contributed by atoms with Gasteiger partial charge in [0.1, 0.15) is 19.7 Å². The lowest BCUT2D eigenvalue weighted by molar-refractivity contribution is 0.0271.